The van der Waals surface area contributed by atoms with Crippen molar-refractivity contribution in [3.63, 3.8) is 0 Å². The van der Waals surface area contributed by atoms with Gasteiger partial charge in [0.1, 0.15) is 4.90 Å². The van der Waals surface area contributed by atoms with E-state index < -0.39 is 10.0 Å². The second kappa shape index (κ2) is 6.67. The van der Waals surface area contributed by atoms with Gasteiger partial charge in [-0.05, 0) is 47.8 Å². The lowest BCUT2D eigenvalue weighted by Gasteiger charge is -2.10. The molecule has 1 aromatic heterocycles. The average molecular weight is 367 g/mol. The highest BCUT2D eigenvalue weighted by Crippen LogP contribution is 2.32. The molecule has 1 heterocycles. The first-order valence-corrected chi connectivity index (χ1v) is 9.54. The Morgan fingerprint density at radius 3 is 2.74 bits per heavy atom. The fraction of sp³-hybridized carbons (Fsp3) is 0.667. The molecule has 19 heavy (non-hydrogen) atoms. The topological polar surface area (TPSA) is 58.2 Å². The Morgan fingerprint density at radius 2 is 2.11 bits per heavy atom. The van der Waals surface area contributed by atoms with Crippen LogP contribution in [0.15, 0.2) is 14.7 Å². The largest absolute Gasteiger partial charge is 0.315 e. The molecule has 1 aromatic rings. The highest BCUT2D eigenvalue weighted by atomic mass is 79.9. The minimum absolute atomic E-state index is 0.362. The van der Waals surface area contributed by atoms with E-state index in [-0.39, 0.29) is 0 Å². The summed E-state index contributed by atoms with van der Waals surface area (Å²) in [4.78, 5) is 1.37. The van der Waals surface area contributed by atoms with Crippen LogP contribution in [0.3, 0.4) is 0 Å². The van der Waals surface area contributed by atoms with Crippen LogP contribution in [0.5, 0.6) is 0 Å². The van der Waals surface area contributed by atoms with E-state index in [0.29, 0.717) is 27.7 Å². The molecule has 0 amide bonds. The van der Waals surface area contributed by atoms with E-state index >= 15 is 0 Å². The summed E-state index contributed by atoms with van der Waals surface area (Å²) < 4.78 is 28.0. The summed E-state index contributed by atoms with van der Waals surface area (Å²) >= 11 is 4.81. The van der Waals surface area contributed by atoms with Crippen LogP contribution in [-0.4, -0.2) is 22.0 Å². The van der Waals surface area contributed by atoms with Crippen molar-refractivity contribution in [3.8, 4) is 0 Å². The molecule has 2 N–H and O–H groups in total. The highest BCUT2D eigenvalue weighted by Gasteiger charge is 2.23. The summed E-state index contributed by atoms with van der Waals surface area (Å²) in [6, 6.07) is 1.74. The van der Waals surface area contributed by atoms with Gasteiger partial charge < -0.3 is 5.32 Å². The molecule has 7 heteroatoms. The maximum absolute atomic E-state index is 12.3. The van der Waals surface area contributed by atoms with Crippen LogP contribution in [0.2, 0.25) is 0 Å². The fourth-order valence-electron chi connectivity index (χ4n) is 2.36. The maximum Gasteiger partial charge on any atom is 0.242 e. The van der Waals surface area contributed by atoms with Gasteiger partial charge in [0, 0.05) is 18.0 Å². The van der Waals surface area contributed by atoms with Gasteiger partial charge in [-0.3, -0.25) is 0 Å². The standard InChI is InChI=1S/C12H19BrN2O2S2/c1-14-8-10-6-11(12(13)18-10)19(16,17)15-7-9-4-2-3-5-9/h6,9,14-15H,2-5,7-8H2,1H3. The van der Waals surface area contributed by atoms with E-state index in [9.17, 15) is 8.42 Å². The van der Waals surface area contributed by atoms with Crippen LogP contribution in [0, 0.1) is 5.92 Å². The van der Waals surface area contributed by atoms with Crippen LogP contribution >= 0.6 is 27.3 Å². The first-order chi connectivity index (χ1) is 9.03. The SMILES string of the molecule is CNCc1cc(S(=O)(=O)NCC2CCCC2)c(Br)s1. The van der Waals surface area contributed by atoms with Gasteiger partial charge >= 0.3 is 0 Å². The van der Waals surface area contributed by atoms with Gasteiger partial charge in [0.05, 0.1) is 3.79 Å². The van der Waals surface area contributed by atoms with E-state index in [4.69, 9.17) is 0 Å². The van der Waals surface area contributed by atoms with Gasteiger partial charge in [0.2, 0.25) is 10.0 Å². The maximum atomic E-state index is 12.3. The van der Waals surface area contributed by atoms with E-state index in [2.05, 4.69) is 26.0 Å². The molecule has 1 aliphatic rings. The monoisotopic (exact) mass is 366 g/mol. The molecule has 0 unspecified atom stereocenters. The number of thiophene rings is 1. The predicted molar refractivity (Wildman–Crippen MR) is 81.9 cm³/mol. The Bertz CT molecular complexity index is 522. The van der Waals surface area contributed by atoms with Crippen molar-refractivity contribution in [2.75, 3.05) is 13.6 Å². The first-order valence-electron chi connectivity index (χ1n) is 6.45. The zero-order chi connectivity index (χ0) is 13.9. The van der Waals surface area contributed by atoms with Crippen LogP contribution in [0.25, 0.3) is 0 Å². The van der Waals surface area contributed by atoms with Gasteiger partial charge in [0.15, 0.2) is 0 Å². The number of hydrogen-bond acceptors (Lipinski definition) is 4. The lowest BCUT2D eigenvalue weighted by Crippen LogP contribution is -2.28. The minimum Gasteiger partial charge on any atom is -0.315 e. The van der Waals surface area contributed by atoms with Crippen LogP contribution < -0.4 is 10.0 Å². The van der Waals surface area contributed by atoms with Crippen molar-refractivity contribution in [2.24, 2.45) is 5.92 Å². The lowest BCUT2D eigenvalue weighted by atomic mass is 10.1. The number of hydrogen-bond donors (Lipinski definition) is 2. The quantitative estimate of drug-likeness (QED) is 0.813. The highest BCUT2D eigenvalue weighted by molar-refractivity contribution is 9.11. The summed E-state index contributed by atoms with van der Waals surface area (Å²) in [6.45, 7) is 1.24. The lowest BCUT2D eigenvalue weighted by molar-refractivity contribution is 0.519. The van der Waals surface area contributed by atoms with Crippen molar-refractivity contribution >= 4 is 37.3 Å². The summed E-state index contributed by atoms with van der Waals surface area (Å²) in [7, 11) is -1.54. The summed E-state index contributed by atoms with van der Waals surface area (Å²) in [5, 5.41) is 3.03. The molecule has 1 aliphatic carbocycles. The third-order valence-electron chi connectivity index (χ3n) is 3.38. The molecule has 2 rings (SSSR count). The molecule has 1 saturated carbocycles. The van der Waals surface area contributed by atoms with Gasteiger partial charge in [-0.2, -0.15) is 0 Å². The van der Waals surface area contributed by atoms with E-state index in [0.717, 1.165) is 17.7 Å². The van der Waals surface area contributed by atoms with Gasteiger partial charge in [-0.1, -0.05) is 12.8 Å². The number of sulfonamides is 1. The molecule has 0 saturated heterocycles. The molecule has 0 spiro atoms. The van der Waals surface area contributed by atoms with Crippen LogP contribution in [0.1, 0.15) is 30.6 Å². The third-order valence-corrected chi connectivity index (χ3v) is 7.06. The molecule has 0 atom stereocenters. The van der Waals surface area contributed by atoms with Gasteiger partial charge in [0.25, 0.3) is 0 Å². The molecule has 0 aromatic carbocycles. The Balaban J connectivity index is 2.05. The van der Waals surface area contributed by atoms with Crippen molar-refractivity contribution in [3.05, 3.63) is 14.7 Å². The molecule has 0 aliphatic heterocycles. The molecule has 108 valence electrons. The van der Waals surface area contributed by atoms with Crippen molar-refractivity contribution in [2.45, 2.75) is 37.1 Å². The number of nitrogens with one attached hydrogen (secondary N) is 2. The third kappa shape index (κ3) is 4.01. The second-order valence-electron chi connectivity index (χ2n) is 4.88. The van der Waals surface area contributed by atoms with Crippen molar-refractivity contribution in [1.82, 2.24) is 10.0 Å². The van der Waals surface area contributed by atoms with Crippen LogP contribution in [-0.2, 0) is 16.6 Å². The molecular weight excluding hydrogens is 348 g/mol. The molecule has 0 bridgehead atoms. The first kappa shape index (κ1) is 15.4. The zero-order valence-electron chi connectivity index (χ0n) is 10.9. The summed E-state index contributed by atoms with van der Waals surface area (Å²) in [5.74, 6) is 0.504. The van der Waals surface area contributed by atoms with Gasteiger partial charge in [-0.25, -0.2) is 13.1 Å². The number of rotatable bonds is 6. The normalized spacial score (nSPS) is 17.2. The van der Waals surface area contributed by atoms with Crippen molar-refractivity contribution in [1.29, 1.82) is 0 Å². The fourth-order valence-corrected chi connectivity index (χ4v) is 6.17. The van der Waals surface area contributed by atoms with E-state index in [1.807, 2.05) is 7.05 Å². The summed E-state index contributed by atoms with van der Waals surface area (Å²) in [6.07, 6.45) is 4.72. The average Bonchev–Trinajstić information content (AvgIpc) is 2.97. The number of halogens is 1. The Labute approximate surface area is 127 Å². The second-order valence-corrected chi connectivity index (χ2v) is 9.07. The van der Waals surface area contributed by atoms with Crippen LogP contribution in [0.4, 0.5) is 0 Å². The van der Waals surface area contributed by atoms with E-state index in [1.165, 1.54) is 24.2 Å². The van der Waals surface area contributed by atoms with Gasteiger partial charge in [-0.15, -0.1) is 11.3 Å². The Hall–Kier alpha value is 0.0500. The Kier molecular flexibility index (Phi) is 5.42. The predicted octanol–water partition coefficient (Wildman–Crippen LogP) is 2.70. The molecule has 4 nitrogen and oxygen atoms in total. The Morgan fingerprint density at radius 1 is 1.42 bits per heavy atom. The van der Waals surface area contributed by atoms with E-state index in [1.54, 1.807) is 6.07 Å². The molecular formula is C12H19BrN2O2S2. The molecule has 1 fully saturated rings. The molecule has 0 radical (unpaired) electrons. The smallest absolute Gasteiger partial charge is 0.242 e. The zero-order valence-corrected chi connectivity index (χ0v) is 14.1. The summed E-state index contributed by atoms with van der Waals surface area (Å²) in [5.41, 5.74) is 0. The van der Waals surface area contributed by atoms with Crippen molar-refractivity contribution < 1.29 is 8.42 Å². The minimum atomic E-state index is -3.39.